The molecule has 1 aliphatic rings. The zero-order chi connectivity index (χ0) is 23.8. The maximum absolute atomic E-state index is 14.5. The zero-order valence-electron chi connectivity index (χ0n) is 16.1. The number of hydrogen-bond donors (Lipinski definition) is 2. The van der Waals surface area contributed by atoms with Crippen molar-refractivity contribution >= 4 is 17.6 Å². The summed E-state index contributed by atoms with van der Waals surface area (Å²) in [7, 11) is 0. The minimum Gasteiger partial charge on any atom is -0.452 e. The van der Waals surface area contributed by atoms with E-state index in [9.17, 15) is 31.1 Å². The highest BCUT2D eigenvalue weighted by Crippen LogP contribution is 2.41. The van der Waals surface area contributed by atoms with Crippen LogP contribution in [0, 0.1) is 28.8 Å². The van der Waals surface area contributed by atoms with Crippen LogP contribution in [0.25, 0.3) is 0 Å². The van der Waals surface area contributed by atoms with Crippen molar-refractivity contribution in [3.05, 3.63) is 58.7 Å². The molecular weight excluding hydrogens is 444 g/mol. The van der Waals surface area contributed by atoms with Gasteiger partial charge in [0.1, 0.15) is 6.07 Å². The standard InChI is InChI=1S/C19H13F6N5O2/c1-18(5-13(19(23,24)25)32-17(27)30-18)10-3-9(4-11(20)14(10)22)29-16(31)15-12(21)2-8(6-26)7-28-15/h2-4,7,13H,5H2,1H3,(H2,27,30)(H,29,31)/t13-,18+/m0/s1. The Morgan fingerprint density at radius 2 is 1.97 bits per heavy atom. The number of amidine groups is 1. The summed E-state index contributed by atoms with van der Waals surface area (Å²) < 4.78 is 86.7. The second-order valence-electron chi connectivity index (χ2n) is 7.02. The lowest BCUT2D eigenvalue weighted by atomic mass is 9.85. The Morgan fingerprint density at radius 3 is 2.56 bits per heavy atom. The van der Waals surface area contributed by atoms with Gasteiger partial charge in [0.15, 0.2) is 29.2 Å². The van der Waals surface area contributed by atoms with Crippen LogP contribution in [-0.2, 0) is 10.3 Å². The van der Waals surface area contributed by atoms with Gasteiger partial charge >= 0.3 is 6.18 Å². The van der Waals surface area contributed by atoms with Crippen molar-refractivity contribution in [3.63, 3.8) is 0 Å². The topological polar surface area (TPSA) is 113 Å². The molecule has 1 amide bonds. The maximum Gasteiger partial charge on any atom is 0.425 e. The normalized spacial score (nSPS) is 20.7. The first-order chi connectivity index (χ1) is 14.8. The number of nitrogens with one attached hydrogen (secondary N) is 1. The average Bonchev–Trinajstić information content (AvgIpc) is 2.68. The van der Waals surface area contributed by atoms with Crippen LogP contribution in [0.2, 0.25) is 0 Å². The van der Waals surface area contributed by atoms with Crippen LogP contribution < -0.4 is 11.1 Å². The monoisotopic (exact) mass is 457 g/mol. The minimum absolute atomic E-state index is 0.156. The largest absolute Gasteiger partial charge is 0.452 e. The molecule has 2 heterocycles. The van der Waals surface area contributed by atoms with Gasteiger partial charge < -0.3 is 15.8 Å². The molecule has 0 saturated carbocycles. The van der Waals surface area contributed by atoms with Gasteiger partial charge in [-0.1, -0.05) is 0 Å². The number of nitrogens with zero attached hydrogens (tertiary/aromatic N) is 3. The van der Waals surface area contributed by atoms with Gasteiger partial charge in [-0.2, -0.15) is 18.4 Å². The number of nitriles is 1. The van der Waals surface area contributed by atoms with Gasteiger partial charge in [-0.3, -0.25) is 4.79 Å². The molecule has 1 aromatic carbocycles. The van der Waals surface area contributed by atoms with Crippen LogP contribution in [0.3, 0.4) is 0 Å². The lowest BCUT2D eigenvalue weighted by Gasteiger charge is -2.36. The number of anilines is 1. The second kappa shape index (κ2) is 8.03. The Bertz CT molecular complexity index is 1160. The van der Waals surface area contributed by atoms with E-state index < -0.39 is 70.6 Å². The van der Waals surface area contributed by atoms with E-state index in [1.54, 1.807) is 6.07 Å². The Kier molecular flexibility index (Phi) is 5.73. The maximum atomic E-state index is 14.5. The number of ether oxygens (including phenoxy) is 1. The Balaban J connectivity index is 1.99. The lowest BCUT2D eigenvalue weighted by molar-refractivity contribution is -0.208. The van der Waals surface area contributed by atoms with Gasteiger partial charge in [-0.25, -0.2) is 23.1 Å². The molecule has 13 heteroatoms. The molecule has 1 aromatic heterocycles. The number of carbonyl (C=O) groups excluding carboxylic acids is 1. The van der Waals surface area contributed by atoms with Gasteiger partial charge in [0.05, 0.1) is 11.1 Å². The third-order valence-corrected chi connectivity index (χ3v) is 4.62. The molecule has 0 radical (unpaired) electrons. The van der Waals surface area contributed by atoms with Crippen molar-refractivity contribution < 1.29 is 35.9 Å². The summed E-state index contributed by atoms with van der Waals surface area (Å²) in [6.07, 6.45) is -7.28. The number of nitrogens with two attached hydrogens (primary N) is 1. The van der Waals surface area contributed by atoms with Gasteiger partial charge in [0.2, 0.25) is 0 Å². The molecule has 0 bridgehead atoms. The molecule has 0 saturated heterocycles. The van der Waals surface area contributed by atoms with E-state index in [0.717, 1.165) is 25.3 Å². The van der Waals surface area contributed by atoms with Crippen LogP contribution in [0.5, 0.6) is 0 Å². The van der Waals surface area contributed by atoms with Crippen molar-refractivity contribution in [3.8, 4) is 6.07 Å². The second-order valence-corrected chi connectivity index (χ2v) is 7.02. The number of pyridine rings is 1. The van der Waals surface area contributed by atoms with Crippen LogP contribution in [-0.4, -0.2) is 29.2 Å². The fraction of sp³-hybridized carbons (Fsp3) is 0.263. The first-order valence-electron chi connectivity index (χ1n) is 8.79. The Morgan fingerprint density at radius 1 is 1.28 bits per heavy atom. The van der Waals surface area contributed by atoms with Crippen molar-refractivity contribution in [1.29, 1.82) is 5.26 Å². The molecule has 32 heavy (non-hydrogen) atoms. The number of benzene rings is 1. The van der Waals surface area contributed by atoms with E-state index in [1.807, 2.05) is 0 Å². The van der Waals surface area contributed by atoms with Crippen LogP contribution in [0.4, 0.5) is 32.0 Å². The number of hydrogen-bond acceptors (Lipinski definition) is 6. The Hall–Kier alpha value is -3.82. The van der Waals surface area contributed by atoms with Crippen LogP contribution in [0.1, 0.15) is 35.0 Å². The van der Waals surface area contributed by atoms with Crippen LogP contribution in [0.15, 0.2) is 29.4 Å². The van der Waals surface area contributed by atoms with Crippen molar-refractivity contribution in [1.82, 2.24) is 4.98 Å². The molecule has 0 unspecified atom stereocenters. The lowest BCUT2D eigenvalue weighted by Crippen LogP contribution is -2.46. The van der Waals surface area contributed by atoms with E-state index in [4.69, 9.17) is 11.0 Å². The fourth-order valence-corrected chi connectivity index (χ4v) is 3.13. The molecule has 3 rings (SSSR count). The quantitative estimate of drug-likeness (QED) is 0.685. The zero-order valence-corrected chi connectivity index (χ0v) is 16.1. The highest BCUT2D eigenvalue weighted by atomic mass is 19.4. The highest BCUT2D eigenvalue weighted by molar-refractivity contribution is 6.03. The molecule has 3 N–H and O–H groups in total. The predicted octanol–water partition coefficient (Wildman–Crippen LogP) is 3.50. The smallest absolute Gasteiger partial charge is 0.425 e. The molecule has 7 nitrogen and oxygen atoms in total. The van der Waals surface area contributed by atoms with E-state index in [-0.39, 0.29) is 5.56 Å². The number of aliphatic imine (C=N–C) groups is 1. The van der Waals surface area contributed by atoms with Gasteiger partial charge in [0.25, 0.3) is 11.9 Å². The SMILES string of the molecule is C[C@]1(c2cc(NC(=O)c3ncc(C#N)cc3F)cc(F)c2F)C[C@@H](C(F)(F)F)OC(N)=N1. The molecule has 0 aliphatic carbocycles. The molecular formula is C19H13F6N5O2. The molecule has 0 spiro atoms. The summed E-state index contributed by atoms with van der Waals surface area (Å²) in [5.74, 6) is -5.33. The predicted molar refractivity (Wildman–Crippen MR) is 97.7 cm³/mol. The van der Waals surface area contributed by atoms with Crippen molar-refractivity contribution in [2.75, 3.05) is 5.32 Å². The van der Waals surface area contributed by atoms with E-state index in [0.29, 0.717) is 6.07 Å². The van der Waals surface area contributed by atoms with Gasteiger partial charge in [-0.05, 0) is 19.1 Å². The first-order valence-corrected chi connectivity index (χ1v) is 8.79. The summed E-state index contributed by atoms with van der Waals surface area (Å²) in [6.45, 7) is 1.09. The third-order valence-electron chi connectivity index (χ3n) is 4.62. The van der Waals surface area contributed by atoms with Gasteiger partial charge in [0, 0.05) is 29.9 Å². The summed E-state index contributed by atoms with van der Waals surface area (Å²) in [5.41, 5.74) is 1.39. The molecule has 0 fully saturated rings. The Labute approximate surface area is 176 Å². The summed E-state index contributed by atoms with van der Waals surface area (Å²) in [5, 5.41) is 10.8. The van der Waals surface area contributed by atoms with E-state index in [2.05, 4.69) is 20.0 Å². The van der Waals surface area contributed by atoms with Crippen molar-refractivity contribution in [2.45, 2.75) is 31.2 Å². The molecule has 168 valence electrons. The van der Waals surface area contributed by atoms with E-state index >= 15 is 0 Å². The summed E-state index contributed by atoms with van der Waals surface area (Å²) in [4.78, 5) is 19.5. The number of halogens is 6. The molecule has 2 aromatic rings. The highest BCUT2D eigenvalue weighted by Gasteiger charge is 2.50. The van der Waals surface area contributed by atoms with E-state index in [1.165, 1.54) is 0 Å². The molecule has 1 aliphatic heterocycles. The number of aromatic nitrogens is 1. The third kappa shape index (κ3) is 4.43. The van der Waals surface area contributed by atoms with Gasteiger partial charge in [-0.15, -0.1) is 0 Å². The summed E-state index contributed by atoms with van der Waals surface area (Å²) >= 11 is 0. The fourth-order valence-electron chi connectivity index (χ4n) is 3.13. The number of rotatable bonds is 3. The number of amides is 1. The number of carbonyl (C=O) groups is 1. The first kappa shape index (κ1) is 22.9. The molecule has 2 atom stereocenters. The van der Waals surface area contributed by atoms with Crippen LogP contribution >= 0.6 is 0 Å². The summed E-state index contributed by atoms with van der Waals surface area (Å²) in [6, 6.07) is 2.90. The average molecular weight is 457 g/mol. The van der Waals surface area contributed by atoms with Crippen molar-refractivity contribution in [2.24, 2.45) is 10.7 Å². The minimum atomic E-state index is -4.86. The number of alkyl halides is 3.